The summed E-state index contributed by atoms with van der Waals surface area (Å²) in [5.41, 5.74) is 6.21. The molecule has 6 nitrogen and oxygen atoms in total. The summed E-state index contributed by atoms with van der Waals surface area (Å²) < 4.78 is 6.90. The molecule has 1 aromatic rings. The van der Waals surface area contributed by atoms with Crippen LogP contribution < -0.4 is 11.3 Å². The van der Waals surface area contributed by atoms with Crippen LogP contribution in [0.4, 0.5) is 5.69 Å². The number of aryl methyl sites for hydroxylation is 1. The van der Waals surface area contributed by atoms with Crippen LogP contribution >= 0.6 is 0 Å². The number of nitriles is 1. The van der Waals surface area contributed by atoms with Crippen molar-refractivity contribution in [2.75, 3.05) is 32.0 Å². The summed E-state index contributed by atoms with van der Waals surface area (Å²) in [6.45, 7) is 3.56. The number of nitrogens with zero attached hydrogens (tertiary/aromatic N) is 3. The van der Waals surface area contributed by atoms with Crippen LogP contribution in [0.3, 0.4) is 0 Å². The molecule has 0 bridgehead atoms. The second-order valence-electron chi connectivity index (χ2n) is 4.64. The molecule has 1 fully saturated rings. The molecular weight excluding hydrogens is 244 g/mol. The molecule has 1 aliphatic heterocycles. The van der Waals surface area contributed by atoms with Gasteiger partial charge in [-0.05, 0) is 12.5 Å². The molecule has 0 aliphatic carbocycles. The van der Waals surface area contributed by atoms with Gasteiger partial charge in [-0.2, -0.15) is 5.26 Å². The summed E-state index contributed by atoms with van der Waals surface area (Å²) in [5.74, 6) is 0. The Bertz CT molecular complexity index is 520. The lowest BCUT2D eigenvalue weighted by Crippen LogP contribution is -2.42. The van der Waals surface area contributed by atoms with Gasteiger partial charge in [-0.15, -0.1) is 0 Å². The maximum atomic E-state index is 11.6. The molecule has 2 N–H and O–H groups in total. The quantitative estimate of drug-likeness (QED) is 0.828. The van der Waals surface area contributed by atoms with E-state index in [0.717, 1.165) is 19.5 Å². The van der Waals surface area contributed by atoms with Crippen LogP contribution in [0.15, 0.2) is 23.1 Å². The Kier molecular flexibility index (Phi) is 4.55. The third-order valence-corrected chi connectivity index (χ3v) is 3.17. The number of rotatable bonds is 4. The summed E-state index contributed by atoms with van der Waals surface area (Å²) in [6, 6.07) is 5.21. The molecule has 102 valence electrons. The Morgan fingerprint density at radius 2 is 2.32 bits per heavy atom. The normalized spacial score (nSPS) is 20.1. The molecule has 0 radical (unpaired) electrons. The van der Waals surface area contributed by atoms with Crippen LogP contribution in [-0.4, -0.2) is 41.8 Å². The fraction of sp³-hybridized carbons (Fsp3) is 0.538. The minimum absolute atomic E-state index is 0.0360. The van der Waals surface area contributed by atoms with E-state index in [1.807, 2.05) is 0 Å². The van der Waals surface area contributed by atoms with Gasteiger partial charge in [-0.25, -0.2) is 0 Å². The van der Waals surface area contributed by atoms with Crippen LogP contribution in [0.5, 0.6) is 0 Å². The van der Waals surface area contributed by atoms with E-state index in [0.29, 0.717) is 25.4 Å². The van der Waals surface area contributed by atoms with E-state index in [2.05, 4.69) is 11.0 Å². The van der Waals surface area contributed by atoms with E-state index >= 15 is 0 Å². The first-order chi connectivity index (χ1) is 9.19. The summed E-state index contributed by atoms with van der Waals surface area (Å²) in [5, 5.41) is 8.82. The molecular formula is C13H18N4O2. The monoisotopic (exact) mass is 262 g/mol. The number of pyridine rings is 1. The highest BCUT2D eigenvalue weighted by Crippen LogP contribution is 2.05. The van der Waals surface area contributed by atoms with E-state index in [-0.39, 0.29) is 11.7 Å². The van der Waals surface area contributed by atoms with Crippen molar-refractivity contribution < 1.29 is 4.74 Å². The fourth-order valence-corrected chi connectivity index (χ4v) is 2.17. The van der Waals surface area contributed by atoms with Gasteiger partial charge in [0.05, 0.1) is 12.7 Å². The van der Waals surface area contributed by atoms with Gasteiger partial charge in [-0.3, -0.25) is 9.69 Å². The maximum absolute atomic E-state index is 11.6. The molecule has 2 rings (SSSR count). The molecule has 6 heteroatoms. The number of nitrogens with two attached hydrogens (primary N) is 1. The Labute approximate surface area is 112 Å². The molecule has 1 aliphatic rings. The van der Waals surface area contributed by atoms with Gasteiger partial charge < -0.3 is 15.0 Å². The Morgan fingerprint density at radius 3 is 3.11 bits per heavy atom. The van der Waals surface area contributed by atoms with Crippen LogP contribution in [0.2, 0.25) is 0 Å². The van der Waals surface area contributed by atoms with Crippen molar-refractivity contribution in [3.8, 4) is 6.07 Å². The first-order valence-electron chi connectivity index (χ1n) is 6.38. The Morgan fingerprint density at radius 1 is 1.47 bits per heavy atom. The number of morpholine rings is 1. The number of anilines is 1. The van der Waals surface area contributed by atoms with Gasteiger partial charge in [0.1, 0.15) is 0 Å². The predicted octanol–water partition coefficient (Wildman–Crippen LogP) is 0.0450. The number of aromatic nitrogens is 1. The van der Waals surface area contributed by atoms with Gasteiger partial charge in [0.2, 0.25) is 0 Å². The highest BCUT2D eigenvalue weighted by molar-refractivity contribution is 5.33. The minimum atomic E-state index is -0.330. The van der Waals surface area contributed by atoms with Gasteiger partial charge >= 0.3 is 0 Å². The van der Waals surface area contributed by atoms with Crippen LogP contribution in [0, 0.1) is 11.3 Å². The smallest absolute Gasteiger partial charge is 0.250 e. The summed E-state index contributed by atoms with van der Waals surface area (Å²) in [6.07, 6.45) is 2.19. The third kappa shape index (κ3) is 3.81. The Hall–Kier alpha value is -1.84. The van der Waals surface area contributed by atoms with Gasteiger partial charge in [-0.1, -0.05) is 0 Å². The largest absolute Gasteiger partial charge is 0.398 e. The van der Waals surface area contributed by atoms with Crippen molar-refractivity contribution in [2.45, 2.75) is 19.1 Å². The van der Waals surface area contributed by atoms with E-state index in [9.17, 15) is 4.79 Å². The highest BCUT2D eigenvalue weighted by Gasteiger charge is 2.19. The number of hydrogen-bond donors (Lipinski definition) is 1. The van der Waals surface area contributed by atoms with E-state index < -0.39 is 0 Å². The average molecular weight is 262 g/mol. The van der Waals surface area contributed by atoms with Crippen LogP contribution in [-0.2, 0) is 11.3 Å². The molecule has 0 saturated carbocycles. The molecule has 1 unspecified atom stereocenters. The lowest BCUT2D eigenvalue weighted by atomic mass is 10.2. The third-order valence-electron chi connectivity index (χ3n) is 3.17. The number of hydrogen-bond acceptors (Lipinski definition) is 5. The zero-order chi connectivity index (χ0) is 13.7. The predicted molar refractivity (Wildman–Crippen MR) is 71.5 cm³/mol. The molecule has 1 atom stereocenters. The zero-order valence-corrected chi connectivity index (χ0v) is 10.8. The van der Waals surface area contributed by atoms with Gasteiger partial charge in [0, 0.05) is 44.1 Å². The van der Waals surface area contributed by atoms with Crippen LogP contribution in [0.25, 0.3) is 0 Å². The van der Waals surface area contributed by atoms with Crippen molar-refractivity contribution in [3.63, 3.8) is 0 Å². The molecule has 1 saturated heterocycles. The van der Waals surface area contributed by atoms with Gasteiger partial charge in [0.25, 0.3) is 5.56 Å². The molecule has 2 heterocycles. The molecule has 0 spiro atoms. The second kappa shape index (κ2) is 6.36. The SMILES string of the molecule is N#CC1CN(CCCn2cc(N)ccc2=O)CCO1. The van der Waals surface area contributed by atoms with Crippen molar-refractivity contribution in [1.29, 1.82) is 5.26 Å². The molecule has 19 heavy (non-hydrogen) atoms. The van der Waals surface area contributed by atoms with Crippen molar-refractivity contribution in [3.05, 3.63) is 28.7 Å². The van der Waals surface area contributed by atoms with Crippen molar-refractivity contribution >= 4 is 5.69 Å². The maximum Gasteiger partial charge on any atom is 0.250 e. The Balaban J connectivity index is 1.82. The van der Waals surface area contributed by atoms with Crippen molar-refractivity contribution in [2.24, 2.45) is 0 Å². The molecule has 0 aromatic carbocycles. The average Bonchev–Trinajstić information content (AvgIpc) is 2.43. The second-order valence-corrected chi connectivity index (χ2v) is 4.64. The zero-order valence-electron chi connectivity index (χ0n) is 10.8. The lowest BCUT2D eigenvalue weighted by Gasteiger charge is -2.29. The number of nitrogen functional groups attached to an aromatic ring is 1. The fourth-order valence-electron chi connectivity index (χ4n) is 2.17. The summed E-state index contributed by atoms with van der Waals surface area (Å²) in [4.78, 5) is 13.8. The van der Waals surface area contributed by atoms with Crippen molar-refractivity contribution in [1.82, 2.24) is 9.47 Å². The molecule has 0 amide bonds. The standard InChI is InChI=1S/C13H18N4O2/c14-8-12-10-16(6-7-19-12)4-1-5-17-9-11(15)2-3-13(17)18/h2-3,9,12H,1,4-7,10,15H2. The molecule has 1 aromatic heterocycles. The first kappa shape index (κ1) is 13.6. The highest BCUT2D eigenvalue weighted by atomic mass is 16.5. The lowest BCUT2D eigenvalue weighted by molar-refractivity contribution is -0.000129. The number of ether oxygens (including phenoxy) is 1. The topological polar surface area (TPSA) is 84.3 Å². The summed E-state index contributed by atoms with van der Waals surface area (Å²) >= 11 is 0. The summed E-state index contributed by atoms with van der Waals surface area (Å²) in [7, 11) is 0. The van der Waals surface area contributed by atoms with E-state index in [1.165, 1.54) is 6.07 Å². The van der Waals surface area contributed by atoms with E-state index in [1.54, 1.807) is 16.8 Å². The minimum Gasteiger partial charge on any atom is -0.398 e. The first-order valence-corrected chi connectivity index (χ1v) is 6.38. The van der Waals surface area contributed by atoms with Crippen LogP contribution in [0.1, 0.15) is 6.42 Å². The van der Waals surface area contributed by atoms with E-state index in [4.69, 9.17) is 15.7 Å². The van der Waals surface area contributed by atoms with Gasteiger partial charge in [0.15, 0.2) is 6.10 Å².